The number of thiazole rings is 1. The van der Waals surface area contributed by atoms with E-state index in [0.29, 0.717) is 16.5 Å². The molecule has 7 heteroatoms. The van der Waals surface area contributed by atoms with E-state index in [1.54, 1.807) is 6.92 Å². The predicted octanol–water partition coefficient (Wildman–Crippen LogP) is 5.32. The van der Waals surface area contributed by atoms with Crippen molar-refractivity contribution in [3.63, 3.8) is 0 Å². The molecule has 27 heavy (non-hydrogen) atoms. The van der Waals surface area contributed by atoms with Gasteiger partial charge in [0.05, 0.1) is 17.1 Å². The summed E-state index contributed by atoms with van der Waals surface area (Å²) in [5, 5.41) is 13.9. The molecule has 0 spiro atoms. The fourth-order valence-corrected chi connectivity index (χ4v) is 3.41. The van der Waals surface area contributed by atoms with Crippen molar-refractivity contribution < 1.29 is 0 Å². The van der Waals surface area contributed by atoms with Crippen LogP contribution in [0.15, 0.2) is 75.0 Å². The predicted molar refractivity (Wildman–Crippen MR) is 108 cm³/mol. The van der Waals surface area contributed by atoms with E-state index in [4.69, 9.17) is 0 Å². The lowest BCUT2D eigenvalue weighted by atomic mass is 10.2. The van der Waals surface area contributed by atoms with Crippen LogP contribution in [0.25, 0.3) is 16.4 Å². The Kier molecular flexibility index (Phi) is 4.52. The third-order valence-corrected chi connectivity index (χ3v) is 4.92. The molecular formula is C20H17N5OS. The molecule has 0 atom stereocenters. The Morgan fingerprint density at radius 1 is 1.00 bits per heavy atom. The van der Waals surface area contributed by atoms with Gasteiger partial charge in [0, 0.05) is 10.9 Å². The highest BCUT2D eigenvalue weighted by Gasteiger charge is 2.15. The van der Waals surface area contributed by atoms with E-state index < -0.39 is 0 Å². The van der Waals surface area contributed by atoms with Gasteiger partial charge in [-0.25, -0.2) is 4.98 Å². The van der Waals surface area contributed by atoms with Gasteiger partial charge in [-0.3, -0.25) is 9.89 Å². The van der Waals surface area contributed by atoms with Gasteiger partial charge in [-0.05, 0) is 26.0 Å². The Balaban J connectivity index is 1.66. The quantitative estimate of drug-likeness (QED) is 0.490. The summed E-state index contributed by atoms with van der Waals surface area (Å²) >= 11 is 1.40. The number of H-pyrrole nitrogens is 1. The topological polar surface area (TPSA) is 75.4 Å². The van der Waals surface area contributed by atoms with Crippen LogP contribution in [0.3, 0.4) is 0 Å². The number of azo groups is 1. The van der Waals surface area contributed by atoms with Crippen molar-refractivity contribution in [2.24, 2.45) is 10.2 Å². The van der Waals surface area contributed by atoms with E-state index in [0.717, 1.165) is 16.8 Å². The first-order valence-corrected chi connectivity index (χ1v) is 9.31. The van der Waals surface area contributed by atoms with Crippen molar-refractivity contribution in [2.45, 2.75) is 13.8 Å². The van der Waals surface area contributed by atoms with Crippen LogP contribution < -0.4 is 5.56 Å². The molecule has 4 aromatic rings. The molecule has 134 valence electrons. The molecule has 0 unspecified atom stereocenters. The minimum atomic E-state index is -0.266. The number of nitrogens with one attached hydrogen (secondary N) is 1. The molecule has 0 aliphatic rings. The van der Waals surface area contributed by atoms with Crippen LogP contribution in [-0.2, 0) is 0 Å². The molecule has 0 aliphatic heterocycles. The monoisotopic (exact) mass is 375 g/mol. The number of hydrogen-bond donors (Lipinski definition) is 1. The molecule has 1 N–H and O–H groups in total. The maximum atomic E-state index is 12.8. The van der Waals surface area contributed by atoms with Crippen LogP contribution in [-0.4, -0.2) is 14.8 Å². The number of hydrogen-bond acceptors (Lipinski definition) is 5. The van der Waals surface area contributed by atoms with Gasteiger partial charge in [0.15, 0.2) is 5.69 Å². The van der Waals surface area contributed by atoms with Gasteiger partial charge in [-0.2, -0.15) is 9.80 Å². The zero-order chi connectivity index (χ0) is 18.8. The highest BCUT2D eigenvalue weighted by molar-refractivity contribution is 7.12. The van der Waals surface area contributed by atoms with E-state index in [9.17, 15) is 4.79 Å². The lowest BCUT2D eigenvalue weighted by Crippen LogP contribution is -2.13. The largest absolute Gasteiger partial charge is 0.301 e. The third kappa shape index (κ3) is 3.50. The molecule has 2 heterocycles. The van der Waals surface area contributed by atoms with Gasteiger partial charge in [-0.15, -0.1) is 16.5 Å². The van der Waals surface area contributed by atoms with E-state index in [1.807, 2.05) is 66.9 Å². The summed E-state index contributed by atoms with van der Waals surface area (Å²) in [5.74, 6) is 0. The van der Waals surface area contributed by atoms with Gasteiger partial charge < -0.3 is 0 Å². The van der Waals surface area contributed by atoms with Crippen LogP contribution >= 0.6 is 11.3 Å². The van der Waals surface area contributed by atoms with Crippen LogP contribution in [0.4, 0.5) is 11.4 Å². The third-order valence-electron chi connectivity index (χ3n) is 4.09. The lowest BCUT2D eigenvalue weighted by Gasteiger charge is -1.95. The van der Waals surface area contributed by atoms with E-state index in [1.165, 1.54) is 16.0 Å². The highest BCUT2D eigenvalue weighted by Crippen LogP contribution is 2.24. The normalized spacial score (nSPS) is 11.3. The molecule has 0 saturated heterocycles. The fourth-order valence-electron chi connectivity index (χ4n) is 2.62. The molecule has 0 amide bonds. The first kappa shape index (κ1) is 17.1. The summed E-state index contributed by atoms with van der Waals surface area (Å²) in [7, 11) is 0. The molecule has 0 fully saturated rings. The van der Waals surface area contributed by atoms with Crippen molar-refractivity contribution in [3.8, 4) is 16.4 Å². The van der Waals surface area contributed by atoms with Crippen molar-refractivity contribution >= 4 is 22.7 Å². The number of benzene rings is 2. The summed E-state index contributed by atoms with van der Waals surface area (Å²) in [6, 6.07) is 17.5. The standard InChI is InChI=1S/C20H17N5OS/c1-13-8-10-16(11-9-13)22-23-18-14(2)24-25(19(18)26)20-21-17(12-27-20)15-6-4-3-5-7-15/h3-12,24H,1-2H3. The number of rotatable bonds is 4. The van der Waals surface area contributed by atoms with E-state index >= 15 is 0 Å². The van der Waals surface area contributed by atoms with Gasteiger partial charge in [0.2, 0.25) is 5.13 Å². The van der Waals surface area contributed by atoms with Crippen molar-refractivity contribution in [1.82, 2.24) is 14.8 Å². The van der Waals surface area contributed by atoms with E-state index in [-0.39, 0.29) is 11.2 Å². The van der Waals surface area contributed by atoms with Crippen LogP contribution in [0, 0.1) is 13.8 Å². The second kappa shape index (κ2) is 7.13. The van der Waals surface area contributed by atoms with Gasteiger partial charge in [-0.1, -0.05) is 48.0 Å². The van der Waals surface area contributed by atoms with E-state index in [2.05, 4.69) is 20.3 Å². The lowest BCUT2D eigenvalue weighted by molar-refractivity contribution is 0.827. The van der Waals surface area contributed by atoms with Gasteiger partial charge in [0.25, 0.3) is 0 Å². The molecule has 2 aromatic carbocycles. The smallest absolute Gasteiger partial charge is 0.291 e. The molecule has 0 aliphatic carbocycles. The Bertz CT molecular complexity index is 1150. The number of aryl methyl sites for hydroxylation is 2. The summed E-state index contributed by atoms with van der Waals surface area (Å²) in [4.78, 5) is 17.3. The zero-order valence-electron chi connectivity index (χ0n) is 14.9. The SMILES string of the molecule is Cc1ccc(N=Nc2c(C)[nH]n(-c3nc(-c4ccccc4)cs3)c2=O)cc1. The first-order valence-electron chi connectivity index (χ1n) is 8.43. The highest BCUT2D eigenvalue weighted by atomic mass is 32.1. The summed E-state index contributed by atoms with van der Waals surface area (Å²) in [6.07, 6.45) is 0. The van der Waals surface area contributed by atoms with Crippen LogP contribution in [0.2, 0.25) is 0 Å². The van der Waals surface area contributed by atoms with Crippen molar-refractivity contribution in [2.75, 3.05) is 0 Å². The zero-order valence-corrected chi connectivity index (χ0v) is 15.7. The van der Waals surface area contributed by atoms with Crippen LogP contribution in [0.1, 0.15) is 11.3 Å². The average Bonchev–Trinajstić information content (AvgIpc) is 3.27. The molecule has 4 rings (SSSR count). The second-order valence-electron chi connectivity index (χ2n) is 6.14. The molecule has 6 nitrogen and oxygen atoms in total. The maximum Gasteiger partial charge on any atom is 0.301 e. The summed E-state index contributed by atoms with van der Waals surface area (Å²) in [6.45, 7) is 3.81. The molecule has 0 saturated carbocycles. The number of aromatic nitrogens is 3. The molecule has 0 radical (unpaired) electrons. The average molecular weight is 375 g/mol. The minimum absolute atomic E-state index is 0.266. The summed E-state index contributed by atoms with van der Waals surface area (Å²) in [5.41, 5.74) is 4.35. The van der Waals surface area contributed by atoms with Crippen molar-refractivity contribution in [1.29, 1.82) is 0 Å². The number of nitrogens with zero attached hydrogens (tertiary/aromatic N) is 4. The summed E-state index contributed by atoms with van der Waals surface area (Å²) < 4.78 is 1.41. The molecule has 0 bridgehead atoms. The minimum Gasteiger partial charge on any atom is -0.291 e. The Morgan fingerprint density at radius 2 is 1.74 bits per heavy atom. The van der Waals surface area contributed by atoms with Crippen molar-refractivity contribution in [3.05, 3.63) is 81.6 Å². The second-order valence-corrected chi connectivity index (χ2v) is 6.98. The Hall–Kier alpha value is -3.32. The Labute approximate surface area is 159 Å². The van der Waals surface area contributed by atoms with Gasteiger partial charge in [0.1, 0.15) is 0 Å². The molecule has 2 aromatic heterocycles. The maximum absolute atomic E-state index is 12.8. The first-order chi connectivity index (χ1) is 13.1. The molecular weight excluding hydrogens is 358 g/mol. The van der Waals surface area contributed by atoms with Crippen LogP contribution in [0.5, 0.6) is 0 Å². The fraction of sp³-hybridized carbons (Fsp3) is 0.100. The van der Waals surface area contributed by atoms with Gasteiger partial charge >= 0.3 is 5.56 Å². The Morgan fingerprint density at radius 3 is 2.48 bits per heavy atom. The number of aromatic amines is 1.